The van der Waals surface area contributed by atoms with Crippen molar-refractivity contribution >= 4 is 29.2 Å². The predicted molar refractivity (Wildman–Crippen MR) is 38.7 cm³/mol. The molecule has 0 saturated carbocycles. The van der Waals surface area contributed by atoms with Gasteiger partial charge in [-0.2, -0.15) is 12.6 Å². The molecule has 7 heavy (non-hydrogen) atoms. The molecule has 4 heteroatoms. The monoisotopic (exact) mass is 186 g/mol. The molecule has 0 bridgehead atoms. The van der Waals surface area contributed by atoms with E-state index in [2.05, 4.69) is 24.8 Å². The first-order chi connectivity index (χ1) is 1.73. The molecule has 0 aliphatic rings. The Morgan fingerprint density at radius 2 is 1.43 bits per heavy atom. The maximum Gasteiger partial charge on any atom is 0 e. The second-order valence-electron chi connectivity index (χ2n) is 0.305. The quantitative estimate of drug-likeness (QED) is 0.267. The van der Waals surface area contributed by atoms with Crippen LogP contribution in [-0.2, 0) is 19.5 Å². The van der Waals surface area contributed by atoms with E-state index in [0.29, 0.717) is 0 Å². The van der Waals surface area contributed by atoms with Gasteiger partial charge in [-0.1, -0.05) is 12.2 Å². The van der Waals surface area contributed by atoms with E-state index in [1.54, 1.807) is 0 Å². The third-order valence-corrected chi connectivity index (χ3v) is 0. The van der Waals surface area contributed by atoms with Crippen molar-refractivity contribution in [2.45, 2.75) is 0 Å². The van der Waals surface area contributed by atoms with E-state index in [0.717, 1.165) is 0 Å². The van der Waals surface area contributed by atoms with Crippen LogP contribution in [0.3, 0.4) is 0 Å². The molecule has 0 spiro atoms. The van der Waals surface area contributed by atoms with E-state index in [-0.39, 0.29) is 38.7 Å². The zero-order valence-corrected chi connectivity index (χ0v) is 9.24. The van der Waals surface area contributed by atoms with E-state index in [1.165, 1.54) is 0 Å². The van der Waals surface area contributed by atoms with Crippen molar-refractivity contribution < 1.29 is 19.5 Å². The van der Waals surface area contributed by atoms with Crippen LogP contribution in [-0.4, -0.2) is 4.32 Å². The van der Waals surface area contributed by atoms with E-state index in [1.807, 2.05) is 0 Å². The van der Waals surface area contributed by atoms with Crippen molar-refractivity contribution in [3.63, 3.8) is 0 Å². The third kappa shape index (κ3) is 218. The first-order valence-corrected chi connectivity index (χ1v) is 1.53. The summed E-state index contributed by atoms with van der Waals surface area (Å²) in [6, 6.07) is 0. The van der Waals surface area contributed by atoms with Crippen LogP contribution in [0.2, 0.25) is 0 Å². The van der Waals surface area contributed by atoms with Gasteiger partial charge in [-0.15, -0.1) is 0 Å². The number of hydrogen-bond donors (Lipinski definition) is 1. The van der Waals surface area contributed by atoms with Crippen molar-refractivity contribution in [3.8, 4) is 0 Å². The Morgan fingerprint density at radius 1 is 1.43 bits per heavy atom. The third-order valence-electron chi connectivity index (χ3n) is 0. The molecule has 0 unspecified atom stereocenters. The molecule has 0 aromatic heterocycles. The van der Waals surface area contributed by atoms with Crippen LogP contribution in [0.25, 0.3) is 5.73 Å². The van der Waals surface area contributed by atoms with E-state index < -0.39 is 0 Å². The smallest absolute Gasteiger partial charge is 0 e. The second-order valence-corrected chi connectivity index (χ2v) is 1.46. The van der Waals surface area contributed by atoms with Crippen molar-refractivity contribution in [3.05, 3.63) is 20.6 Å². The molecular formula is C3H8NS2Zn-3. The van der Waals surface area contributed by atoms with Gasteiger partial charge in [0.1, 0.15) is 0 Å². The predicted octanol–water partition coefficient (Wildman–Crippen LogP) is 2.15. The zero-order valence-electron chi connectivity index (χ0n) is 4.56. The summed E-state index contributed by atoms with van der Waals surface area (Å²) in [4.78, 5) is 0. The Morgan fingerprint density at radius 3 is 1.43 bits per heavy atom. The van der Waals surface area contributed by atoms with Gasteiger partial charge in [-0.25, -0.2) is 0 Å². The summed E-state index contributed by atoms with van der Waals surface area (Å²) in [5.74, 6) is 0. The van der Waals surface area contributed by atoms with Gasteiger partial charge in [0.25, 0.3) is 0 Å². The van der Waals surface area contributed by atoms with Gasteiger partial charge in [0, 0.05) is 19.5 Å². The summed E-state index contributed by atoms with van der Waals surface area (Å²) >= 11 is 7.43. The van der Waals surface area contributed by atoms with Gasteiger partial charge in [0.2, 0.25) is 0 Å². The Balaban J connectivity index is -0.0000000150. The SMILES string of the molecule is [CH3-].[CH3-].[NH-]C(=S)S.[Zn]. The molecule has 0 aromatic carbocycles. The molecule has 0 aromatic rings. The van der Waals surface area contributed by atoms with Gasteiger partial charge >= 0.3 is 0 Å². The van der Waals surface area contributed by atoms with E-state index >= 15 is 0 Å². The van der Waals surface area contributed by atoms with Crippen LogP contribution < -0.4 is 0 Å². The summed E-state index contributed by atoms with van der Waals surface area (Å²) in [7, 11) is 0. The fourth-order valence-electron chi connectivity index (χ4n) is 0. The Hall–Kier alpha value is 0.863. The van der Waals surface area contributed by atoms with Crippen LogP contribution in [0, 0.1) is 14.9 Å². The maximum atomic E-state index is 6.18. The molecule has 0 aliphatic carbocycles. The van der Waals surface area contributed by atoms with Crippen molar-refractivity contribution in [1.29, 1.82) is 0 Å². The standard InChI is InChI=1S/CH3NS2.2CH3.Zn/c2-1(3)4;;;/h(H3,2,3,4);2*1H3;/q;2*-1;/p-1. The van der Waals surface area contributed by atoms with Crippen LogP contribution in [0.1, 0.15) is 0 Å². The molecular weight excluding hydrogens is 180 g/mol. The molecule has 1 N–H and O–H groups in total. The van der Waals surface area contributed by atoms with Crippen LogP contribution in [0.4, 0.5) is 0 Å². The molecule has 0 rings (SSSR count). The fraction of sp³-hybridized carbons (Fsp3) is 0. The molecule has 0 aliphatic heterocycles. The minimum atomic E-state index is -0.0556. The molecule has 0 heterocycles. The van der Waals surface area contributed by atoms with Gasteiger partial charge in [0.05, 0.1) is 0 Å². The molecule has 0 radical (unpaired) electrons. The molecule has 0 saturated heterocycles. The van der Waals surface area contributed by atoms with Gasteiger partial charge < -0.3 is 20.6 Å². The summed E-state index contributed by atoms with van der Waals surface area (Å²) in [5, 5.41) is 0. The minimum absolute atomic E-state index is 0. The number of hydrogen-bond acceptors (Lipinski definition) is 1. The normalized spacial score (nSPS) is 3.57. The number of thiol groups is 1. The Labute approximate surface area is 69.2 Å². The van der Waals surface area contributed by atoms with Gasteiger partial charge in [-0.05, 0) is 4.32 Å². The Bertz CT molecular complexity index is 35.9. The molecule has 1 nitrogen and oxygen atoms in total. The summed E-state index contributed by atoms with van der Waals surface area (Å²) in [6.07, 6.45) is 0. The number of nitrogens with one attached hydrogen (secondary N) is 1. The molecule has 0 amide bonds. The molecule has 0 fully saturated rings. The maximum absolute atomic E-state index is 6.18. The van der Waals surface area contributed by atoms with E-state index in [4.69, 9.17) is 5.73 Å². The topological polar surface area (TPSA) is 23.8 Å². The fourth-order valence-corrected chi connectivity index (χ4v) is 0. The Kier molecular flexibility index (Phi) is 56.0. The average molecular weight is 188 g/mol. The first-order valence-electron chi connectivity index (χ1n) is 0.678. The van der Waals surface area contributed by atoms with E-state index in [9.17, 15) is 0 Å². The van der Waals surface area contributed by atoms with Crippen LogP contribution >= 0.6 is 24.8 Å². The van der Waals surface area contributed by atoms with Crippen molar-refractivity contribution in [1.82, 2.24) is 0 Å². The first kappa shape index (κ1) is 24.8. The van der Waals surface area contributed by atoms with Crippen LogP contribution in [0.15, 0.2) is 0 Å². The van der Waals surface area contributed by atoms with Crippen LogP contribution in [0.5, 0.6) is 0 Å². The average Bonchev–Trinajstić information content (AvgIpc) is 0.811. The number of thiocarbonyl (C=S) groups is 1. The summed E-state index contributed by atoms with van der Waals surface area (Å²) < 4.78 is -0.0556. The minimum Gasteiger partial charge on any atom is -0.684 e. The van der Waals surface area contributed by atoms with Crippen molar-refractivity contribution in [2.24, 2.45) is 0 Å². The van der Waals surface area contributed by atoms with Gasteiger partial charge in [-0.3, -0.25) is 0 Å². The van der Waals surface area contributed by atoms with Gasteiger partial charge in [0.15, 0.2) is 0 Å². The molecule has 0 atom stereocenters. The van der Waals surface area contributed by atoms with Crippen molar-refractivity contribution in [2.75, 3.05) is 0 Å². The summed E-state index contributed by atoms with van der Waals surface area (Å²) in [5.41, 5.74) is 6.18. The molecule has 42 valence electrons. The number of rotatable bonds is 0. The second kappa shape index (κ2) is 15.8. The summed E-state index contributed by atoms with van der Waals surface area (Å²) in [6.45, 7) is 0. The zero-order chi connectivity index (χ0) is 3.58. The largest absolute Gasteiger partial charge is 0.684 e.